The van der Waals surface area contributed by atoms with Crippen molar-refractivity contribution in [2.45, 2.75) is 72.1 Å². The number of nitrogens with zero attached hydrogens (tertiary/aromatic N) is 3. The van der Waals surface area contributed by atoms with Crippen LogP contribution in [-0.2, 0) is 28.9 Å². The average molecular weight is 626 g/mol. The number of nitrogens with one attached hydrogen (secondary N) is 1. The van der Waals surface area contributed by atoms with Crippen LogP contribution < -0.4 is 11.2 Å². The second-order valence-corrected chi connectivity index (χ2v) is 12.1. The number of ether oxygens (including phenoxy) is 1. The summed E-state index contributed by atoms with van der Waals surface area (Å²) in [5, 5.41) is 20.6. The normalized spacial score (nSPS) is 14.4. The number of terminal acetylenes is 1. The smallest absolute Gasteiger partial charge is 0.253 e. The molecule has 9 heteroatoms. The van der Waals surface area contributed by atoms with Crippen molar-refractivity contribution in [2.75, 3.05) is 20.2 Å². The number of hydrogen-bond acceptors (Lipinski definition) is 7. The molecule has 46 heavy (non-hydrogen) atoms. The molecule has 5 N–H and O–H groups in total. The highest BCUT2D eigenvalue weighted by Gasteiger charge is 2.25. The number of aromatic hydroxyl groups is 1. The number of hydrazine groups is 1. The third kappa shape index (κ3) is 7.71. The van der Waals surface area contributed by atoms with Crippen LogP contribution in [0.5, 0.6) is 5.75 Å². The van der Waals surface area contributed by atoms with Crippen molar-refractivity contribution in [2.24, 2.45) is 11.7 Å². The summed E-state index contributed by atoms with van der Waals surface area (Å²) in [6, 6.07) is 15.5. The Balaban J connectivity index is 0.00000154. The summed E-state index contributed by atoms with van der Waals surface area (Å²) in [5.41, 5.74) is 17.9. The van der Waals surface area contributed by atoms with E-state index in [2.05, 4.69) is 61.5 Å². The Morgan fingerprint density at radius 2 is 1.89 bits per heavy atom. The summed E-state index contributed by atoms with van der Waals surface area (Å²) in [6.07, 6.45) is 10.4. The van der Waals surface area contributed by atoms with E-state index in [1.165, 1.54) is 28.3 Å². The largest absolute Gasteiger partial charge is 0.508 e. The lowest BCUT2D eigenvalue weighted by molar-refractivity contribution is -0.136. The van der Waals surface area contributed by atoms with Crippen molar-refractivity contribution in [3.05, 3.63) is 71.5 Å². The molecule has 3 heterocycles. The molecule has 2 atom stereocenters. The Hall–Kier alpha value is -4.36. The van der Waals surface area contributed by atoms with Gasteiger partial charge in [0.15, 0.2) is 0 Å². The molecule has 4 aromatic rings. The van der Waals surface area contributed by atoms with Crippen molar-refractivity contribution in [1.82, 2.24) is 20.0 Å². The van der Waals surface area contributed by atoms with E-state index in [9.17, 15) is 9.90 Å². The van der Waals surface area contributed by atoms with E-state index in [0.29, 0.717) is 18.9 Å². The first-order valence-electron chi connectivity index (χ1n) is 16.0. The van der Waals surface area contributed by atoms with Gasteiger partial charge in [0.05, 0.1) is 23.5 Å². The van der Waals surface area contributed by atoms with E-state index in [1.807, 2.05) is 25.3 Å². The van der Waals surface area contributed by atoms with Gasteiger partial charge in [0.1, 0.15) is 11.9 Å². The molecule has 2 unspecified atom stereocenters. The molecule has 0 bridgehead atoms. The van der Waals surface area contributed by atoms with Crippen LogP contribution in [0.2, 0.25) is 0 Å². The summed E-state index contributed by atoms with van der Waals surface area (Å²) in [6.45, 7) is 11.0. The van der Waals surface area contributed by atoms with Crippen LogP contribution >= 0.6 is 0 Å². The van der Waals surface area contributed by atoms with Crippen molar-refractivity contribution in [1.29, 1.82) is 0 Å². The zero-order valence-electron chi connectivity index (χ0n) is 27.6. The molecular weight excluding hydrogens is 578 g/mol. The van der Waals surface area contributed by atoms with Gasteiger partial charge in [-0.1, -0.05) is 32.4 Å². The number of amides is 1. The Labute approximate surface area is 272 Å². The van der Waals surface area contributed by atoms with Gasteiger partial charge in [-0.05, 0) is 104 Å². The molecular formula is C37H47N5O4. The number of benzene rings is 2. The van der Waals surface area contributed by atoms with Gasteiger partial charge < -0.3 is 25.3 Å². The van der Waals surface area contributed by atoms with Crippen molar-refractivity contribution in [3.8, 4) is 40.7 Å². The maximum atomic E-state index is 12.9. The third-order valence-electron chi connectivity index (χ3n) is 8.39. The van der Waals surface area contributed by atoms with Crippen molar-refractivity contribution < 1.29 is 19.7 Å². The molecule has 1 aliphatic heterocycles. The Kier molecular flexibility index (Phi) is 11.8. The molecule has 244 valence electrons. The maximum absolute atomic E-state index is 12.9. The number of rotatable bonds is 10. The number of hydrogen-bond donors (Lipinski definition) is 4. The minimum atomic E-state index is -0.690. The highest BCUT2D eigenvalue weighted by atomic mass is 16.5. The Bertz CT molecular complexity index is 1680. The van der Waals surface area contributed by atoms with Gasteiger partial charge in [-0.15, -0.1) is 0 Å². The van der Waals surface area contributed by atoms with Crippen LogP contribution in [0.25, 0.3) is 33.3 Å². The molecule has 1 fully saturated rings. The minimum Gasteiger partial charge on any atom is -0.508 e. The highest BCUT2D eigenvalue weighted by Crippen LogP contribution is 2.40. The molecule has 2 aromatic carbocycles. The number of nitrogens with two attached hydrogens (primary N) is 1. The lowest BCUT2D eigenvalue weighted by atomic mass is 9.93. The van der Waals surface area contributed by atoms with E-state index < -0.39 is 6.04 Å². The summed E-state index contributed by atoms with van der Waals surface area (Å²) >= 11 is 0. The third-order valence-corrected chi connectivity index (χ3v) is 8.39. The molecule has 0 radical (unpaired) electrons. The Morgan fingerprint density at radius 3 is 2.54 bits per heavy atom. The van der Waals surface area contributed by atoms with Crippen molar-refractivity contribution in [3.63, 3.8) is 0 Å². The van der Waals surface area contributed by atoms with Crippen LogP contribution in [0.1, 0.15) is 63.5 Å². The number of fused-ring (bicyclic) bond motifs is 1. The van der Waals surface area contributed by atoms with E-state index in [1.54, 1.807) is 24.3 Å². The molecule has 0 aliphatic carbocycles. The zero-order chi connectivity index (χ0) is 33.4. The van der Waals surface area contributed by atoms with E-state index in [4.69, 9.17) is 20.6 Å². The molecule has 1 aliphatic rings. The number of aromatic nitrogens is 2. The first-order valence-corrected chi connectivity index (χ1v) is 16.0. The van der Waals surface area contributed by atoms with Crippen LogP contribution in [0.4, 0.5) is 0 Å². The monoisotopic (exact) mass is 625 g/mol. The van der Waals surface area contributed by atoms with Gasteiger partial charge in [-0.2, -0.15) is 0 Å². The van der Waals surface area contributed by atoms with Gasteiger partial charge in [0, 0.05) is 49.4 Å². The van der Waals surface area contributed by atoms with E-state index in [0.717, 1.165) is 60.3 Å². The number of methoxy groups -OCH3 is 1. The van der Waals surface area contributed by atoms with Crippen LogP contribution in [0.15, 0.2) is 54.7 Å². The van der Waals surface area contributed by atoms with Crippen LogP contribution in [0.3, 0.4) is 0 Å². The van der Waals surface area contributed by atoms with Gasteiger partial charge in [-0.25, -0.2) is 5.43 Å². The van der Waals surface area contributed by atoms with Gasteiger partial charge in [0.2, 0.25) is 0 Å². The molecule has 2 aromatic heterocycles. The fourth-order valence-electron chi connectivity index (χ4n) is 6.28. The average Bonchev–Trinajstić information content (AvgIpc) is 3.36. The first kappa shape index (κ1) is 34.5. The number of carbonyl (C=O) groups excluding carboxylic acids is 1. The first-order chi connectivity index (χ1) is 22.1. The molecule has 9 nitrogen and oxygen atoms in total. The Morgan fingerprint density at radius 1 is 1.13 bits per heavy atom. The standard InChI is InChI=1S/C35H45N5O3.C2H2O/c1-6-39-32-12-11-25(26-17-24(18-27(41)20-26)19-31(36)35(42)40-15-8-7-14-38-40)21-29(32)30(16-22(2)3)34(39)28-10-9-13-37-33(28)23(4)43-5;1-2-3/h9-13,17-18,20-23,31,38,41H,6-8,14-16,19,36H2,1-5H3;1,3H. The van der Waals surface area contributed by atoms with Gasteiger partial charge in [0.25, 0.3) is 5.91 Å². The fraction of sp³-hybridized carbons (Fsp3) is 0.405. The minimum absolute atomic E-state index is 0.115. The number of carbonyl (C=O) groups is 1. The van der Waals surface area contributed by atoms with Crippen LogP contribution in [-0.4, -0.2) is 56.9 Å². The lowest BCUT2D eigenvalue weighted by Crippen LogP contribution is -2.53. The fourth-order valence-corrected chi connectivity index (χ4v) is 6.28. The van der Waals surface area contributed by atoms with E-state index in [-0.39, 0.29) is 17.8 Å². The summed E-state index contributed by atoms with van der Waals surface area (Å²) in [4.78, 5) is 17.7. The predicted molar refractivity (Wildman–Crippen MR) is 183 cm³/mol. The molecule has 0 spiro atoms. The van der Waals surface area contributed by atoms with Crippen LogP contribution in [0, 0.1) is 18.4 Å². The molecule has 1 amide bonds. The topological polar surface area (TPSA) is 126 Å². The number of aryl methyl sites for hydroxylation is 1. The number of phenolic OH excluding ortho intramolecular Hbond substituents is 1. The molecule has 0 saturated carbocycles. The van der Waals surface area contributed by atoms with Gasteiger partial charge in [-0.3, -0.25) is 14.8 Å². The molecule has 5 rings (SSSR count). The second-order valence-electron chi connectivity index (χ2n) is 12.1. The van der Waals surface area contributed by atoms with Crippen molar-refractivity contribution >= 4 is 16.8 Å². The number of aliphatic hydroxyl groups excluding tert-OH is 1. The second kappa shape index (κ2) is 15.8. The number of pyridine rings is 1. The predicted octanol–water partition coefficient (Wildman–Crippen LogP) is 5.95. The number of phenols is 1. The molecule has 1 saturated heterocycles. The van der Waals surface area contributed by atoms with E-state index >= 15 is 0 Å². The maximum Gasteiger partial charge on any atom is 0.253 e. The number of aliphatic hydroxyl groups is 1. The SMILES string of the molecule is C#CO.CCn1c(-c2cccnc2C(C)OC)c(CC(C)C)c2cc(-c3cc(O)cc(CC(N)C(=O)N4CCCCN4)c3)ccc21. The summed E-state index contributed by atoms with van der Waals surface area (Å²) in [7, 11) is 1.72. The highest BCUT2D eigenvalue weighted by molar-refractivity contribution is 5.95. The summed E-state index contributed by atoms with van der Waals surface area (Å²) in [5.74, 6) is 0.487. The summed E-state index contributed by atoms with van der Waals surface area (Å²) < 4.78 is 8.09. The zero-order valence-corrected chi connectivity index (χ0v) is 27.6. The van der Waals surface area contributed by atoms with Gasteiger partial charge >= 0.3 is 0 Å². The lowest BCUT2D eigenvalue weighted by Gasteiger charge is -2.29. The quantitative estimate of drug-likeness (QED) is 0.161.